The number of carbonyl (C=O) groups excluding carboxylic acids is 2. The van der Waals surface area contributed by atoms with Crippen molar-refractivity contribution in [2.75, 3.05) is 18.0 Å². The van der Waals surface area contributed by atoms with E-state index in [0.29, 0.717) is 12.2 Å². The first-order chi connectivity index (χ1) is 10.1. The van der Waals surface area contributed by atoms with Gasteiger partial charge in [-0.05, 0) is 36.3 Å². The molecular formula is C15H21N3O2S. The summed E-state index contributed by atoms with van der Waals surface area (Å²) in [6.45, 7) is 0.314. The van der Waals surface area contributed by atoms with Crippen molar-refractivity contribution in [3.63, 3.8) is 0 Å². The van der Waals surface area contributed by atoms with Crippen LogP contribution in [0.4, 0.5) is 5.69 Å². The van der Waals surface area contributed by atoms with Crippen LogP contribution < -0.4 is 11.5 Å². The van der Waals surface area contributed by atoms with Crippen LogP contribution in [0.1, 0.15) is 24.8 Å². The lowest BCUT2D eigenvalue weighted by Crippen LogP contribution is -2.43. The van der Waals surface area contributed by atoms with Crippen LogP contribution in [-0.4, -0.2) is 34.3 Å². The predicted molar refractivity (Wildman–Crippen MR) is 85.6 cm³/mol. The van der Waals surface area contributed by atoms with E-state index in [-0.39, 0.29) is 17.7 Å². The van der Waals surface area contributed by atoms with E-state index < -0.39 is 5.91 Å². The number of nitrogen functional groups attached to an aromatic ring is 1. The third kappa shape index (κ3) is 4.67. The van der Waals surface area contributed by atoms with Gasteiger partial charge in [0.15, 0.2) is 0 Å². The van der Waals surface area contributed by atoms with E-state index in [2.05, 4.69) is 0 Å². The monoisotopic (exact) mass is 307 g/mol. The van der Waals surface area contributed by atoms with Crippen LogP contribution in [-0.2, 0) is 16.1 Å². The Kier molecular flexibility index (Phi) is 5.50. The van der Waals surface area contributed by atoms with Crippen molar-refractivity contribution in [3.05, 3.63) is 29.8 Å². The molecule has 2 amide bonds. The van der Waals surface area contributed by atoms with E-state index >= 15 is 0 Å². The van der Waals surface area contributed by atoms with Gasteiger partial charge in [-0.3, -0.25) is 9.59 Å². The molecule has 1 saturated heterocycles. The molecular weight excluding hydrogens is 286 g/mol. The molecule has 0 aliphatic carbocycles. The maximum atomic E-state index is 12.6. The lowest BCUT2D eigenvalue weighted by molar-refractivity contribution is -0.135. The Bertz CT molecular complexity index is 515. The fourth-order valence-electron chi connectivity index (χ4n) is 2.45. The van der Waals surface area contributed by atoms with Gasteiger partial charge in [0.1, 0.15) is 0 Å². The van der Waals surface area contributed by atoms with Crippen LogP contribution in [0.5, 0.6) is 0 Å². The third-order valence-corrected chi connectivity index (χ3v) is 4.80. The van der Waals surface area contributed by atoms with Gasteiger partial charge in [0.2, 0.25) is 11.8 Å². The summed E-state index contributed by atoms with van der Waals surface area (Å²) >= 11 is 1.67. The maximum Gasteiger partial charge on any atom is 0.237 e. The van der Waals surface area contributed by atoms with Gasteiger partial charge in [-0.25, -0.2) is 0 Å². The summed E-state index contributed by atoms with van der Waals surface area (Å²) in [4.78, 5) is 25.4. The minimum Gasteiger partial charge on any atom is -0.399 e. The van der Waals surface area contributed by atoms with Crippen LogP contribution in [0, 0.1) is 0 Å². The number of carbonyl (C=O) groups is 2. The van der Waals surface area contributed by atoms with Gasteiger partial charge >= 0.3 is 0 Å². The van der Waals surface area contributed by atoms with Crippen LogP contribution >= 0.6 is 11.8 Å². The van der Waals surface area contributed by atoms with E-state index in [9.17, 15) is 9.59 Å². The molecule has 0 saturated carbocycles. The maximum absolute atomic E-state index is 12.6. The molecule has 1 aromatic carbocycles. The molecule has 0 spiro atoms. The summed E-state index contributed by atoms with van der Waals surface area (Å²) in [6, 6.07) is 7.34. The van der Waals surface area contributed by atoms with Crippen molar-refractivity contribution in [1.82, 2.24) is 4.90 Å². The first kappa shape index (κ1) is 15.7. The lowest BCUT2D eigenvalue weighted by Gasteiger charge is -2.28. The normalized spacial score (nSPS) is 18.2. The second-order valence-corrected chi connectivity index (χ2v) is 6.57. The highest BCUT2D eigenvalue weighted by atomic mass is 32.2. The summed E-state index contributed by atoms with van der Waals surface area (Å²) in [7, 11) is 0. The predicted octanol–water partition coefficient (Wildman–Crippen LogP) is 1.37. The highest BCUT2D eigenvalue weighted by Crippen LogP contribution is 2.27. The SMILES string of the molecule is NC(=O)CN(Cc1cccc(N)c1)C(=O)C1CCCCS1. The zero-order valence-electron chi connectivity index (χ0n) is 12.0. The average Bonchev–Trinajstić information content (AvgIpc) is 2.46. The minimum absolute atomic E-state index is 0.000856. The summed E-state index contributed by atoms with van der Waals surface area (Å²) in [5.41, 5.74) is 12.6. The number of thioether (sulfide) groups is 1. The number of amides is 2. The molecule has 0 bridgehead atoms. The Morgan fingerprint density at radius 3 is 2.76 bits per heavy atom. The molecule has 1 fully saturated rings. The largest absolute Gasteiger partial charge is 0.399 e. The molecule has 5 nitrogen and oxygen atoms in total. The summed E-state index contributed by atoms with van der Waals surface area (Å²) < 4.78 is 0. The molecule has 2 rings (SSSR count). The Labute approximate surface area is 129 Å². The van der Waals surface area contributed by atoms with E-state index in [1.54, 1.807) is 22.7 Å². The van der Waals surface area contributed by atoms with Crippen LogP contribution in [0.15, 0.2) is 24.3 Å². The molecule has 1 aliphatic rings. The van der Waals surface area contributed by atoms with Gasteiger partial charge in [-0.1, -0.05) is 18.6 Å². The molecule has 1 aliphatic heterocycles. The summed E-state index contributed by atoms with van der Waals surface area (Å²) in [6.07, 6.45) is 3.08. The van der Waals surface area contributed by atoms with Crippen LogP contribution in [0.3, 0.4) is 0 Å². The molecule has 1 atom stereocenters. The van der Waals surface area contributed by atoms with Crippen molar-refractivity contribution in [1.29, 1.82) is 0 Å². The fourth-order valence-corrected chi connectivity index (χ4v) is 3.73. The number of rotatable bonds is 5. The Hall–Kier alpha value is -1.69. The average molecular weight is 307 g/mol. The van der Waals surface area contributed by atoms with Crippen molar-refractivity contribution in [2.24, 2.45) is 5.73 Å². The lowest BCUT2D eigenvalue weighted by atomic mass is 10.1. The second-order valence-electron chi connectivity index (χ2n) is 5.26. The number of nitrogens with zero attached hydrogens (tertiary/aromatic N) is 1. The summed E-state index contributed by atoms with van der Waals surface area (Å²) in [5, 5.41) is -0.0563. The highest BCUT2D eigenvalue weighted by molar-refractivity contribution is 8.00. The number of hydrogen-bond donors (Lipinski definition) is 2. The quantitative estimate of drug-likeness (QED) is 0.804. The highest BCUT2D eigenvalue weighted by Gasteiger charge is 2.27. The number of anilines is 1. The number of nitrogens with two attached hydrogens (primary N) is 2. The molecule has 6 heteroatoms. The van der Waals surface area contributed by atoms with E-state index in [4.69, 9.17) is 11.5 Å². The van der Waals surface area contributed by atoms with Gasteiger partial charge in [0, 0.05) is 12.2 Å². The standard InChI is InChI=1S/C15H21N3O2S/c16-12-5-3-4-11(8-12)9-18(10-14(17)19)15(20)13-6-1-2-7-21-13/h3-5,8,13H,1-2,6-7,9-10,16H2,(H2,17,19). The molecule has 1 unspecified atom stereocenters. The molecule has 1 heterocycles. The van der Waals surface area contributed by atoms with Crippen molar-refractivity contribution < 1.29 is 9.59 Å². The van der Waals surface area contributed by atoms with Gasteiger partial charge in [-0.15, -0.1) is 11.8 Å². The van der Waals surface area contributed by atoms with Crippen molar-refractivity contribution >= 4 is 29.3 Å². The second kappa shape index (κ2) is 7.36. The third-order valence-electron chi connectivity index (χ3n) is 3.44. The number of primary amides is 1. The molecule has 4 N–H and O–H groups in total. The Morgan fingerprint density at radius 1 is 1.33 bits per heavy atom. The van der Waals surface area contributed by atoms with Gasteiger partial charge in [-0.2, -0.15) is 0 Å². The van der Waals surface area contributed by atoms with Crippen LogP contribution in [0.25, 0.3) is 0 Å². The zero-order valence-corrected chi connectivity index (χ0v) is 12.8. The van der Waals surface area contributed by atoms with Crippen molar-refractivity contribution in [2.45, 2.75) is 31.1 Å². The first-order valence-corrected chi connectivity index (χ1v) is 8.14. The fraction of sp³-hybridized carbons (Fsp3) is 0.467. The number of benzene rings is 1. The van der Waals surface area contributed by atoms with Crippen LogP contribution in [0.2, 0.25) is 0 Å². The molecule has 0 radical (unpaired) electrons. The molecule has 0 aromatic heterocycles. The van der Waals surface area contributed by atoms with Crippen molar-refractivity contribution in [3.8, 4) is 0 Å². The first-order valence-electron chi connectivity index (χ1n) is 7.09. The van der Waals surface area contributed by atoms with E-state index in [1.807, 2.05) is 18.2 Å². The van der Waals surface area contributed by atoms with Gasteiger partial charge in [0.05, 0.1) is 11.8 Å². The molecule has 114 valence electrons. The van der Waals surface area contributed by atoms with Gasteiger partial charge < -0.3 is 16.4 Å². The Morgan fingerprint density at radius 2 is 2.14 bits per heavy atom. The van der Waals surface area contributed by atoms with Gasteiger partial charge in [0.25, 0.3) is 0 Å². The van der Waals surface area contributed by atoms with E-state index in [1.165, 1.54) is 0 Å². The zero-order chi connectivity index (χ0) is 15.2. The molecule has 21 heavy (non-hydrogen) atoms. The van der Waals surface area contributed by atoms with E-state index in [0.717, 1.165) is 30.6 Å². The molecule has 1 aromatic rings. The smallest absolute Gasteiger partial charge is 0.237 e. The topological polar surface area (TPSA) is 89.4 Å². The minimum atomic E-state index is -0.493. The summed E-state index contributed by atoms with van der Waals surface area (Å²) in [5.74, 6) is 0.507. The Balaban J connectivity index is 2.09. The number of hydrogen-bond acceptors (Lipinski definition) is 4.